The number of ketones is 1. The third-order valence-corrected chi connectivity index (χ3v) is 3.68. The van der Waals surface area contributed by atoms with Crippen LogP contribution < -0.4 is 5.73 Å². The maximum Gasteiger partial charge on any atom is 0.181 e. The minimum atomic E-state index is -0.0519. The number of Topliss-reactive ketones (excluding diaryl/α,β-unsaturated/α-hetero) is 1. The van der Waals surface area contributed by atoms with E-state index in [0.29, 0.717) is 5.13 Å². The Morgan fingerprint density at radius 3 is 3.07 bits per heavy atom. The Kier molecular flexibility index (Phi) is 2.86. The van der Waals surface area contributed by atoms with Gasteiger partial charge in [0.1, 0.15) is 0 Å². The molecular formula is C11H14N2OS. The van der Waals surface area contributed by atoms with Gasteiger partial charge in [0, 0.05) is 5.92 Å². The minimum Gasteiger partial charge on any atom is -0.375 e. The summed E-state index contributed by atoms with van der Waals surface area (Å²) in [7, 11) is 0. The number of carbonyl (C=O) groups is 1. The second kappa shape index (κ2) is 4.14. The molecule has 1 aliphatic rings. The Hall–Kier alpha value is -1.16. The van der Waals surface area contributed by atoms with E-state index in [4.69, 9.17) is 5.73 Å². The zero-order chi connectivity index (χ0) is 10.8. The average Bonchev–Trinajstić information content (AvgIpc) is 2.56. The molecule has 0 spiro atoms. The molecule has 0 aliphatic heterocycles. The molecule has 0 amide bonds. The standard InChI is InChI=1S/C11H14N2OS/c1-2-7-5-3-4-6-8-10(9(7)14)15-11(12)13-8/h2,7H,1,3-6H2,(H2,12,13). The van der Waals surface area contributed by atoms with Crippen LogP contribution in [0, 0.1) is 5.92 Å². The van der Waals surface area contributed by atoms with Crippen molar-refractivity contribution in [3.63, 3.8) is 0 Å². The van der Waals surface area contributed by atoms with Crippen LogP contribution in [0.2, 0.25) is 0 Å². The minimum absolute atomic E-state index is 0.0519. The van der Waals surface area contributed by atoms with Crippen molar-refractivity contribution in [1.82, 2.24) is 4.98 Å². The number of nitrogens with two attached hydrogens (primary N) is 1. The molecule has 1 heterocycles. The largest absolute Gasteiger partial charge is 0.375 e. The Morgan fingerprint density at radius 1 is 1.53 bits per heavy atom. The summed E-state index contributed by atoms with van der Waals surface area (Å²) in [5.41, 5.74) is 6.52. The summed E-state index contributed by atoms with van der Waals surface area (Å²) in [6.07, 6.45) is 5.65. The number of allylic oxidation sites excluding steroid dienone is 1. The molecule has 2 rings (SSSR count). The van der Waals surface area contributed by atoms with Crippen LogP contribution in [-0.4, -0.2) is 10.8 Å². The zero-order valence-electron chi connectivity index (χ0n) is 8.53. The number of anilines is 1. The summed E-state index contributed by atoms with van der Waals surface area (Å²) in [6, 6.07) is 0. The van der Waals surface area contributed by atoms with E-state index < -0.39 is 0 Å². The highest BCUT2D eigenvalue weighted by Gasteiger charge is 2.24. The molecule has 0 bridgehead atoms. The van der Waals surface area contributed by atoms with Crippen molar-refractivity contribution < 1.29 is 4.79 Å². The fourth-order valence-electron chi connectivity index (χ4n) is 1.91. The van der Waals surface area contributed by atoms with Gasteiger partial charge in [-0.2, -0.15) is 0 Å². The van der Waals surface area contributed by atoms with E-state index >= 15 is 0 Å². The first-order chi connectivity index (χ1) is 7.22. The van der Waals surface area contributed by atoms with Crippen LogP contribution in [0.25, 0.3) is 0 Å². The molecule has 80 valence electrons. The quantitative estimate of drug-likeness (QED) is 0.742. The lowest BCUT2D eigenvalue weighted by Gasteiger charge is -2.13. The smallest absolute Gasteiger partial charge is 0.181 e. The normalized spacial score (nSPS) is 21.6. The van der Waals surface area contributed by atoms with E-state index in [1.165, 1.54) is 11.3 Å². The van der Waals surface area contributed by atoms with Crippen LogP contribution in [0.5, 0.6) is 0 Å². The Morgan fingerprint density at radius 2 is 2.33 bits per heavy atom. The van der Waals surface area contributed by atoms with Crippen molar-refractivity contribution in [2.24, 2.45) is 5.92 Å². The molecule has 1 unspecified atom stereocenters. The van der Waals surface area contributed by atoms with Gasteiger partial charge in [-0.05, 0) is 19.3 Å². The van der Waals surface area contributed by atoms with Crippen LogP contribution in [0.1, 0.15) is 34.6 Å². The highest BCUT2D eigenvalue weighted by Crippen LogP contribution is 2.29. The summed E-state index contributed by atoms with van der Waals surface area (Å²) < 4.78 is 0. The molecule has 1 aromatic rings. The number of carbonyl (C=O) groups excluding carboxylic acids is 1. The number of thiazole rings is 1. The molecule has 15 heavy (non-hydrogen) atoms. The van der Waals surface area contributed by atoms with E-state index in [0.717, 1.165) is 36.3 Å². The second-order valence-electron chi connectivity index (χ2n) is 3.78. The number of hydrogen-bond acceptors (Lipinski definition) is 4. The number of nitrogen functional groups attached to an aromatic ring is 1. The van der Waals surface area contributed by atoms with Crippen LogP contribution in [-0.2, 0) is 6.42 Å². The number of rotatable bonds is 1. The third-order valence-electron chi connectivity index (χ3n) is 2.74. The second-order valence-corrected chi connectivity index (χ2v) is 4.81. The Balaban J connectivity index is 2.40. The molecule has 0 saturated carbocycles. The third kappa shape index (κ3) is 1.95. The van der Waals surface area contributed by atoms with Crippen LogP contribution in [0.4, 0.5) is 5.13 Å². The molecule has 1 atom stereocenters. The maximum absolute atomic E-state index is 12.1. The van der Waals surface area contributed by atoms with Gasteiger partial charge in [-0.25, -0.2) is 4.98 Å². The van der Waals surface area contributed by atoms with E-state index in [2.05, 4.69) is 11.6 Å². The van der Waals surface area contributed by atoms with Crippen molar-refractivity contribution in [1.29, 1.82) is 0 Å². The molecule has 3 nitrogen and oxygen atoms in total. The van der Waals surface area contributed by atoms with Crippen molar-refractivity contribution >= 4 is 22.3 Å². The van der Waals surface area contributed by atoms with Gasteiger partial charge in [0.2, 0.25) is 0 Å². The zero-order valence-corrected chi connectivity index (χ0v) is 9.35. The first kappa shape index (κ1) is 10.4. The predicted octanol–water partition coefficient (Wildman–Crippen LogP) is 2.44. The predicted molar refractivity (Wildman–Crippen MR) is 62.1 cm³/mol. The summed E-state index contributed by atoms with van der Waals surface area (Å²) in [5, 5.41) is 0.498. The molecule has 2 N–H and O–H groups in total. The first-order valence-corrected chi connectivity index (χ1v) is 5.96. The van der Waals surface area contributed by atoms with E-state index in [1.54, 1.807) is 6.08 Å². The topological polar surface area (TPSA) is 56.0 Å². The van der Waals surface area contributed by atoms with Gasteiger partial charge in [0.15, 0.2) is 10.9 Å². The number of nitrogens with zero attached hydrogens (tertiary/aromatic N) is 1. The van der Waals surface area contributed by atoms with Gasteiger partial charge < -0.3 is 5.73 Å². The van der Waals surface area contributed by atoms with Crippen molar-refractivity contribution in [3.05, 3.63) is 23.2 Å². The Labute approximate surface area is 93.0 Å². The summed E-state index contributed by atoms with van der Waals surface area (Å²) >= 11 is 1.31. The maximum atomic E-state index is 12.1. The van der Waals surface area contributed by atoms with E-state index in [1.807, 2.05) is 0 Å². The molecule has 1 aliphatic carbocycles. The average molecular weight is 222 g/mol. The van der Waals surface area contributed by atoms with Gasteiger partial charge in [0.25, 0.3) is 0 Å². The van der Waals surface area contributed by atoms with E-state index in [-0.39, 0.29) is 11.7 Å². The summed E-state index contributed by atoms with van der Waals surface area (Å²) in [6.45, 7) is 3.72. The van der Waals surface area contributed by atoms with Crippen molar-refractivity contribution in [2.45, 2.75) is 25.7 Å². The number of hydrogen-bond donors (Lipinski definition) is 1. The number of fused-ring (bicyclic) bond motifs is 1. The van der Waals surface area contributed by atoms with Crippen LogP contribution in [0.3, 0.4) is 0 Å². The highest BCUT2D eigenvalue weighted by atomic mass is 32.1. The molecule has 0 aromatic carbocycles. The SMILES string of the molecule is C=CC1CCCCc2nc(N)sc2C1=O. The van der Waals surface area contributed by atoms with Gasteiger partial charge in [-0.15, -0.1) is 6.58 Å². The molecule has 0 fully saturated rings. The van der Waals surface area contributed by atoms with Gasteiger partial charge in [0.05, 0.1) is 10.6 Å². The fraction of sp³-hybridized carbons (Fsp3) is 0.455. The molecular weight excluding hydrogens is 208 g/mol. The fourth-order valence-corrected chi connectivity index (χ4v) is 2.80. The van der Waals surface area contributed by atoms with Crippen molar-refractivity contribution in [3.8, 4) is 0 Å². The van der Waals surface area contributed by atoms with Gasteiger partial charge in [-0.1, -0.05) is 23.8 Å². The van der Waals surface area contributed by atoms with Crippen molar-refractivity contribution in [2.75, 3.05) is 5.73 Å². The number of aromatic nitrogens is 1. The molecule has 4 heteroatoms. The lowest BCUT2D eigenvalue weighted by Crippen LogP contribution is -2.15. The van der Waals surface area contributed by atoms with Gasteiger partial charge >= 0.3 is 0 Å². The van der Waals surface area contributed by atoms with Crippen LogP contribution in [0.15, 0.2) is 12.7 Å². The number of aryl methyl sites for hydroxylation is 1. The first-order valence-electron chi connectivity index (χ1n) is 5.14. The lowest BCUT2D eigenvalue weighted by molar-refractivity contribution is 0.0939. The highest BCUT2D eigenvalue weighted by molar-refractivity contribution is 7.17. The van der Waals surface area contributed by atoms with Gasteiger partial charge in [-0.3, -0.25) is 4.79 Å². The summed E-state index contributed by atoms with van der Waals surface area (Å²) in [4.78, 5) is 17.0. The summed E-state index contributed by atoms with van der Waals surface area (Å²) in [5.74, 6) is 0.0952. The van der Waals surface area contributed by atoms with Crippen LogP contribution >= 0.6 is 11.3 Å². The molecule has 1 aromatic heterocycles. The Bertz CT molecular complexity index is 397. The van der Waals surface area contributed by atoms with E-state index in [9.17, 15) is 4.79 Å². The molecule has 0 radical (unpaired) electrons. The lowest BCUT2D eigenvalue weighted by atomic mass is 9.92. The molecule has 0 saturated heterocycles. The monoisotopic (exact) mass is 222 g/mol.